The average Bonchev–Trinajstić information content (AvgIpc) is 2.52. The van der Waals surface area contributed by atoms with Gasteiger partial charge in [-0.15, -0.1) is 0 Å². The summed E-state index contributed by atoms with van der Waals surface area (Å²) in [5.74, 6) is 0.113. The Balaban J connectivity index is 0.000000280. The van der Waals surface area contributed by atoms with Gasteiger partial charge in [0, 0.05) is 26.1 Å². The van der Waals surface area contributed by atoms with Gasteiger partial charge in [0.15, 0.2) is 5.78 Å². The van der Waals surface area contributed by atoms with Crippen molar-refractivity contribution in [3.05, 3.63) is 12.2 Å². The van der Waals surface area contributed by atoms with Crippen LogP contribution in [-0.4, -0.2) is 65.2 Å². The second-order valence-electron chi connectivity index (χ2n) is 9.30. The lowest BCUT2D eigenvalue weighted by Crippen LogP contribution is -2.43. The van der Waals surface area contributed by atoms with Crippen LogP contribution in [0.2, 0.25) is 0 Å². The Morgan fingerprint density at radius 2 is 1.25 bits per heavy atom. The third kappa shape index (κ3) is 9.76. The van der Waals surface area contributed by atoms with Crippen molar-refractivity contribution in [3.8, 4) is 0 Å². The van der Waals surface area contributed by atoms with Crippen LogP contribution in [0, 0.1) is 0 Å². The number of ether oxygens (including phenoxy) is 2. The van der Waals surface area contributed by atoms with E-state index in [9.17, 15) is 14.4 Å². The van der Waals surface area contributed by atoms with E-state index in [1.54, 1.807) is 4.90 Å². The Labute approximate surface area is 169 Å². The predicted molar refractivity (Wildman–Crippen MR) is 108 cm³/mol. The minimum atomic E-state index is -0.489. The van der Waals surface area contributed by atoms with Crippen LogP contribution in [0.5, 0.6) is 0 Å². The summed E-state index contributed by atoms with van der Waals surface area (Å²) in [6, 6.07) is 0. The van der Waals surface area contributed by atoms with Crippen molar-refractivity contribution in [1.82, 2.24) is 9.80 Å². The summed E-state index contributed by atoms with van der Waals surface area (Å²) < 4.78 is 10.4. The number of rotatable bonds is 0. The summed E-state index contributed by atoms with van der Waals surface area (Å²) in [4.78, 5) is 37.4. The normalized spacial score (nSPS) is 18.2. The Morgan fingerprint density at radius 3 is 1.64 bits per heavy atom. The van der Waals surface area contributed by atoms with Gasteiger partial charge in [-0.1, -0.05) is 12.2 Å². The number of piperidine rings is 2. The molecule has 2 rings (SSSR count). The molecule has 0 N–H and O–H groups in total. The van der Waals surface area contributed by atoms with Crippen LogP contribution in [0.4, 0.5) is 9.59 Å². The number of ketones is 1. The molecule has 7 nitrogen and oxygen atoms in total. The maximum absolute atomic E-state index is 11.6. The van der Waals surface area contributed by atoms with Gasteiger partial charge in [-0.2, -0.15) is 0 Å². The Morgan fingerprint density at radius 1 is 0.821 bits per heavy atom. The standard InChI is InChI=1S/C11H19NO2.C10H17NO3/c1-9-6-5-7-12(8-9)10(13)14-11(2,3)4;1-10(2,3)14-9(13)11-6-4-5-8(12)7-11/h1,5-8H2,2-4H3;4-7H2,1-3H3. The second-order valence-corrected chi connectivity index (χ2v) is 9.30. The molecule has 2 fully saturated rings. The van der Waals surface area contributed by atoms with Gasteiger partial charge in [0.25, 0.3) is 0 Å². The molecule has 28 heavy (non-hydrogen) atoms. The molecular formula is C21H36N2O5. The quantitative estimate of drug-likeness (QED) is 0.575. The lowest BCUT2D eigenvalue weighted by atomic mass is 10.1. The fourth-order valence-corrected chi connectivity index (χ4v) is 2.75. The predicted octanol–water partition coefficient (Wildman–Crippen LogP) is 4.16. The molecule has 0 bridgehead atoms. The van der Waals surface area contributed by atoms with Crippen LogP contribution in [-0.2, 0) is 14.3 Å². The first-order valence-corrected chi connectivity index (χ1v) is 9.91. The molecule has 0 saturated carbocycles. The van der Waals surface area contributed by atoms with Crippen LogP contribution in [0.25, 0.3) is 0 Å². The van der Waals surface area contributed by atoms with Crippen molar-refractivity contribution in [3.63, 3.8) is 0 Å². The Bertz CT molecular complexity index is 535. The highest BCUT2D eigenvalue weighted by atomic mass is 16.6. The van der Waals surface area contributed by atoms with E-state index in [0.29, 0.717) is 19.5 Å². The van der Waals surface area contributed by atoms with Crippen LogP contribution >= 0.6 is 0 Å². The van der Waals surface area contributed by atoms with Gasteiger partial charge in [0.1, 0.15) is 11.2 Å². The third-order valence-corrected chi connectivity index (χ3v) is 3.93. The first-order valence-electron chi connectivity index (χ1n) is 9.91. The number of carbonyl (C=O) groups excluding carboxylic acids is 3. The minimum Gasteiger partial charge on any atom is -0.444 e. The fraction of sp³-hybridized carbons (Fsp3) is 0.762. The van der Waals surface area contributed by atoms with E-state index in [1.165, 1.54) is 4.90 Å². The highest BCUT2D eigenvalue weighted by Crippen LogP contribution is 2.17. The topological polar surface area (TPSA) is 76.2 Å². The van der Waals surface area contributed by atoms with E-state index in [-0.39, 0.29) is 24.5 Å². The van der Waals surface area contributed by atoms with E-state index >= 15 is 0 Å². The molecule has 2 aliphatic rings. The van der Waals surface area contributed by atoms with E-state index < -0.39 is 11.2 Å². The monoisotopic (exact) mass is 396 g/mol. The summed E-state index contributed by atoms with van der Waals surface area (Å²) in [6.45, 7) is 17.2. The zero-order valence-corrected chi connectivity index (χ0v) is 18.3. The van der Waals surface area contributed by atoms with Gasteiger partial charge in [0.05, 0.1) is 6.54 Å². The summed E-state index contributed by atoms with van der Waals surface area (Å²) >= 11 is 0. The molecule has 0 unspecified atom stereocenters. The Hall–Kier alpha value is -2.05. The molecule has 0 aromatic heterocycles. The fourth-order valence-electron chi connectivity index (χ4n) is 2.75. The van der Waals surface area contributed by atoms with Crippen LogP contribution in [0.15, 0.2) is 12.2 Å². The molecule has 2 amide bonds. The van der Waals surface area contributed by atoms with Crippen molar-refractivity contribution < 1.29 is 23.9 Å². The summed E-state index contributed by atoms with van der Waals surface area (Å²) in [5, 5.41) is 0. The lowest BCUT2D eigenvalue weighted by Gasteiger charge is -2.30. The van der Waals surface area contributed by atoms with Gasteiger partial charge < -0.3 is 19.3 Å². The Kier molecular flexibility index (Phi) is 8.51. The molecule has 2 aliphatic heterocycles. The zero-order valence-electron chi connectivity index (χ0n) is 18.3. The molecule has 0 spiro atoms. The van der Waals surface area contributed by atoms with Gasteiger partial charge in [-0.05, 0) is 60.8 Å². The maximum atomic E-state index is 11.6. The smallest absolute Gasteiger partial charge is 0.410 e. The molecule has 0 aromatic rings. The SMILES string of the molecule is C=C1CCCN(C(=O)OC(C)(C)C)C1.CC(C)(C)OC(=O)N1CCCC(=O)C1. The first kappa shape index (κ1) is 24.0. The van der Waals surface area contributed by atoms with Gasteiger partial charge in [0.2, 0.25) is 0 Å². The first-order chi connectivity index (χ1) is 12.8. The second kappa shape index (κ2) is 9.94. The van der Waals surface area contributed by atoms with Crippen molar-refractivity contribution in [2.75, 3.05) is 26.2 Å². The summed E-state index contributed by atoms with van der Waals surface area (Å²) in [6.07, 6.45) is 2.75. The van der Waals surface area contributed by atoms with Gasteiger partial charge >= 0.3 is 12.2 Å². The zero-order chi connectivity index (χ0) is 21.5. The number of nitrogens with zero attached hydrogens (tertiary/aromatic N) is 2. The molecule has 0 radical (unpaired) electrons. The average molecular weight is 397 g/mol. The van der Waals surface area contributed by atoms with E-state index in [2.05, 4.69) is 6.58 Å². The van der Waals surface area contributed by atoms with Crippen LogP contribution < -0.4 is 0 Å². The number of likely N-dealkylation sites (tertiary alicyclic amines) is 2. The number of hydrogen-bond donors (Lipinski definition) is 0. The summed E-state index contributed by atoms with van der Waals surface area (Å²) in [5.41, 5.74) is 0.218. The highest BCUT2D eigenvalue weighted by molar-refractivity contribution is 5.85. The number of hydrogen-bond acceptors (Lipinski definition) is 5. The highest BCUT2D eigenvalue weighted by Gasteiger charge is 2.26. The van der Waals surface area contributed by atoms with E-state index in [4.69, 9.17) is 9.47 Å². The van der Waals surface area contributed by atoms with Crippen molar-refractivity contribution in [1.29, 1.82) is 0 Å². The van der Waals surface area contributed by atoms with Crippen molar-refractivity contribution in [2.45, 2.75) is 78.4 Å². The molecule has 2 saturated heterocycles. The number of carbonyl (C=O) groups is 3. The minimum absolute atomic E-state index is 0.113. The molecule has 0 aromatic carbocycles. The summed E-state index contributed by atoms with van der Waals surface area (Å²) in [7, 11) is 0. The third-order valence-electron chi connectivity index (χ3n) is 3.93. The maximum Gasteiger partial charge on any atom is 0.410 e. The molecule has 7 heteroatoms. The van der Waals surface area contributed by atoms with E-state index in [1.807, 2.05) is 41.5 Å². The van der Waals surface area contributed by atoms with Gasteiger partial charge in [-0.25, -0.2) is 9.59 Å². The molecule has 160 valence electrons. The van der Waals surface area contributed by atoms with Crippen molar-refractivity contribution in [2.24, 2.45) is 0 Å². The largest absolute Gasteiger partial charge is 0.444 e. The van der Waals surface area contributed by atoms with Gasteiger partial charge in [-0.3, -0.25) is 4.79 Å². The molecular weight excluding hydrogens is 360 g/mol. The molecule has 0 aliphatic carbocycles. The number of amides is 2. The van der Waals surface area contributed by atoms with Crippen LogP contribution in [0.1, 0.15) is 67.2 Å². The van der Waals surface area contributed by atoms with E-state index in [0.717, 1.165) is 31.4 Å². The van der Waals surface area contributed by atoms with Crippen molar-refractivity contribution >= 4 is 18.0 Å². The lowest BCUT2D eigenvalue weighted by molar-refractivity contribution is -0.122. The molecule has 2 heterocycles. The molecule has 0 atom stereocenters. The van der Waals surface area contributed by atoms with Crippen LogP contribution in [0.3, 0.4) is 0 Å². The number of Topliss-reactive ketones (excluding diaryl/α,β-unsaturated/α-hetero) is 1.